The monoisotopic (exact) mass is 441 g/mol. The fourth-order valence-electron chi connectivity index (χ4n) is 3.74. The number of aryl methyl sites for hydroxylation is 1. The summed E-state index contributed by atoms with van der Waals surface area (Å²) in [7, 11) is 0. The number of rotatable bonds is 6. The maximum Gasteiger partial charge on any atom is 0.335 e. The van der Waals surface area contributed by atoms with Crippen LogP contribution in [-0.2, 0) is 6.42 Å². The summed E-state index contributed by atoms with van der Waals surface area (Å²) in [4.78, 5) is 23.4. The Hall–Kier alpha value is -4.39. The number of aromatic carboxylic acids is 1. The second-order valence-electron chi connectivity index (χ2n) is 7.59. The van der Waals surface area contributed by atoms with E-state index in [2.05, 4.69) is 17.5 Å². The molecule has 0 aliphatic heterocycles. The SMILES string of the molecule is CCc1ccc(-n2c(O)c(/C(C)=N/NC(=O)c3ccc(C(=O)O)cc3)c3ccccc32)cc1. The molecule has 1 amide bonds. The van der Waals surface area contributed by atoms with Crippen LogP contribution in [0, 0.1) is 0 Å². The molecule has 166 valence electrons. The number of carboxylic acids is 1. The molecule has 3 aromatic carbocycles. The number of nitrogens with zero attached hydrogens (tertiary/aromatic N) is 2. The third-order valence-corrected chi connectivity index (χ3v) is 5.53. The Labute approximate surface area is 190 Å². The molecule has 0 spiro atoms. The average Bonchev–Trinajstić information content (AvgIpc) is 3.14. The average molecular weight is 441 g/mol. The number of para-hydroxylation sites is 1. The summed E-state index contributed by atoms with van der Waals surface area (Å²) in [6.45, 7) is 3.80. The van der Waals surface area contributed by atoms with Crippen molar-refractivity contribution in [1.82, 2.24) is 9.99 Å². The van der Waals surface area contributed by atoms with Crippen LogP contribution in [-0.4, -0.2) is 32.4 Å². The molecule has 0 aliphatic carbocycles. The summed E-state index contributed by atoms with van der Waals surface area (Å²) in [5.74, 6) is -1.52. The Balaban J connectivity index is 1.68. The molecular formula is C26H23N3O4. The van der Waals surface area contributed by atoms with Crippen LogP contribution >= 0.6 is 0 Å². The van der Waals surface area contributed by atoms with Gasteiger partial charge in [-0.2, -0.15) is 5.10 Å². The number of carbonyl (C=O) groups is 2. The molecule has 0 bridgehead atoms. The summed E-state index contributed by atoms with van der Waals surface area (Å²) in [6, 6.07) is 21.1. The topological polar surface area (TPSA) is 104 Å². The van der Waals surface area contributed by atoms with Gasteiger partial charge in [0.2, 0.25) is 5.88 Å². The van der Waals surface area contributed by atoms with Crippen molar-refractivity contribution in [2.24, 2.45) is 5.10 Å². The first kappa shape index (κ1) is 21.8. The summed E-state index contributed by atoms with van der Waals surface area (Å²) in [5.41, 5.74) is 6.65. The van der Waals surface area contributed by atoms with Gasteiger partial charge in [0.25, 0.3) is 5.91 Å². The van der Waals surface area contributed by atoms with Gasteiger partial charge in [-0.25, -0.2) is 10.2 Å². The predicted molar refractivity (Wildman–Crippen MR) is 127 cm³/mol. The Morgan fingerprint density at radius 2 is 1.58 bits per heavy atom. The lowest BCUT2D eigenvalue weighted by atomic mass is 10.1. The van der Waals surface area contributed by atoms with E-state index in [4.69, 9.17) is 5.11 Å². The molecule has 0 aliphatic rings. The molecule has 0 unspecified atom stereocenters. The number of hydrogen-bond donors (Lipinski definition) is 3. The van der Waals surface area contributed by atoms with Crippen LogP contribution in [0.15, 0.2) is 77.9 Å². The first-order valence-corrected chi connectivity index (χ1v) is 10.5. The van der Waals surface area contributed by atoms with Crippen molar-refractivity contribution in [1.29, 1.82) is 0 Å². The minimum atomic E-state index is -1.06. The second-order valence-corrected chi connectivity index (χ2v) is 7.59. The minimum Gasteiger partial charge on any atom is -0.494 e. The van der Waals surface area contributed by atoms with Crippen LogP contribution in [0.1, 0.15) is 45.7 Å². The van der Waals surface area contributed by atoms with Crippen molar-refractivity contribution >= 4 is 28.5 Å². The van der Waals surface area contributed by atoms with E-state index in [1.54, 1.807) is 11.5 Å². The van der Waals surface area contributed by atoms with Crippen molar-refractivity contribution in [2.75, 3.05) is 0 Å². The number of carbonyl (C=O) groups excluding carboxylic acids is 1. The molecule has 0 saturated heterocycles. The Morgan fingerprint density at radius 1 is 0.939 bits per heavy atom. The maximum absolute atomic E-state index is 12.5. The van der Waals surface area contributed by atoms with Crippen molar-refractivity contribution in [2.45, 2.75) is 20.3 Å². The van der Waals surface area contributed by atoms with Gasteiger partial charge in [-0.15, -0.1) is 0 Å². The van der Waals surface area contributed by atoms with E-state index in [1.165, 1.54) is 29.8 Å². The molecule has 4 rings (SSSR count). The number of hydrazone groups is 1. The normalized spacial score (nSPS) is 11.5. The van der Waals surface area contributed by atoms with E-state index < -0.39 is 11.9 Å². The molecule has 0 fully saturated rings. The summed E-state index contributed by atoms with van der Waals surface area (Å²) in [6.07, 6.45) is 0.925. The summed E-state index contributed by atoms with van der Waals surface area (Å²) >= 11 is 0. The number of benzene rings is 3. The van der Waals surface area contributed by atoms with Crippen LogP contribution in [0.2, 0.25) is 0 Å². The molecule has 1 aromatic heterocycles. The minimum absolute atomic E-state index is 0.0294. The number of aromatic nitrogens is 1. The fourth-order valence-corrected chi connectivity index (χ4v) is 3.74. The van der Waals surface area contributed by atoms with E-state index in [0.29, 0.717) is 11.3 Å². The molecule has 0 atom stereocenters. The van der Waals surface area contributed by atoms with Crippen LogP contribution in [0.4, 0.5) is 0 Å². The van der Waals surface area contributed by atoms with E-state index in [0.717, 1.165) is 23.0 Å². The first-order valence-electron chi connectivity index (χ1n) is 10.5. The van der Waals surface area contributed by atoms with E-state index in [1.807, 2.05) is 48.5 Å². The lowest BCUT2D eigenvalue weighted by Gasteiger charge is -2.08. The highest BCUT2D eigenvalue weighted by Crippen LogP contribution is 2.34. The van der Waals surface area contributed by atoms with E-state index in [-0.39, 0.29) is 17.0 Å². The molecule has 33 heavy (non-hydrogen) atoms. The number of carboxylic acid groups (broad SMARTS) is 1. The summed E-state index contributed by atoms with van der Waals surface area (Å²) < 4.78 is 1.76. The molecule has 3 N–H and O–H groups in total. The smallest absolute Gasteiger partial charge is 0.335 e. The largest absolute Gasteiger partial charge is 0.494 e. The van der Waals surface area contributed by atoms with E-state index in [9.17, 15) is 14.7 Å². The Kier molecular flexibility index (Phi) is 5.95. The van der Waals surface area contributed by atoms with Gasteiger partial charge in [-0.3, -0.25) is 9.36 Å². The molecule has 7 heteroatoms. The van der Waals surface area contributed by atoms with Crippen molar-refractivity contribution in [3.05, 3.63) is 95.1 Å². The highest BCUT2D eigenvalue weighted by Gasteiger charge is 2.20. The summed E-state index contributed by atoms with van der Waals surface area (Å²) in [5, 5.41) is 25.1. The zero-order valence-corrected chi connectivity index (χ0v) is 18.2. The maximum atomic E-state index is 12.5. The molecule has 4 aromatic rings. The van der Waals surface area contributed by atoms with Crippen molar-refractivity contribution in [3.8, 4) is 11.6 Å². The number of aromatic hydroxyl groups is 1. The quantitative estimate of drug-likeness (QED) is 0.297. The number of fused-ring (bicyclic) bond motifs is 1. The zero-order valence-electron chi connectivity index (χ0n) is 18.2. The molecule has 0 radical (unpaired) electrons. The zero-order chi connectivity index (χ0) is 23.5. The number of nitrogens with one attached hydrogen (secondary N) is 1. The lowest BCUT2D eigenvalue weighted by molar-refractivity contribution is 0.0696. The lowest BCUT2D eigenvalue weighted by Crippen LogP contribution is -2.19. The van der Waals surface area contributed by atoms with E-state index >= 15 is 0 Å². The Bertz CT molecular complexity index is 1370. The predicted octanol–water partition coefficient (Wildman–Crippen LogP) is 4.75. The van der Waals surface area contributed by atoms with Crippen LogP contribution in [0.25, 0.3) is 16.6 Å². The van der Waals surface area contributed by atoms with Gasteiger partial charge in [0.1, 0.15) is 0 Å². The van der Waals surface area contributed by atoms with Crippen LogP contribution < -0.4 is 5.43 Å². The molecule has 0 saturated carbocycles. The first-order chi connectivity index (χ1) is 15.9. The molecular weight excluding hydrogens is 418 g/mol. The third-order valence-electron chi connectivity index (χ3n) is 5.53. The van der Waals surface area contributed by atoms with Gasteiger partial charge < -0.3 is 10.2 Å². The second kappa shape index (κ2) is 9.00. The van der Waals surface area contributed by atoms with Gasteiger partial charge in [-0.1, -0.05) is 37.3 Å². The van der Waals surface area contributed by atoms with Gasteiger partial charge in [0.05, 0.1) is 22.4 Å². The van der Waals surface area contributed by atoms with Gasteiger partial charge in [0, 0.05) is 16.6 Å². The number of hydrogen-bond acceptors (Lipinski definition) is 4. The van der Waals surface area contributed by atoms with Crippen molar-refractivity contribution < 1.29 is 19.8 Å². The molecule has 1 heterocycles. The third kappa shape index (κ3) is 4.21. The van der Waals surface area contributed by atoms with Gasteiger partial charge >= 0.3 is 5.97 Å². The number of amides is 1. The Morgan fingerprint density at radius 3 is 2.21 bits per heavy atom. The fraction of sp³-hybridized carbons (Fsp3) is 0.115. The molecule has 7 nitrogen and oxygen atoms in total. The van der Waals surface area contributed by atoms with Gasteiger partial charge in [-0.05, 0) is 61.4 Å². The highest BCUT2D eigenvalue weighted by molar-refractivity contribution is 6.13. The van der Waals surface area contributed by atoms with Crippen LogP contribution in [0.3, 0.4) is 0 Å². The van der Waals surface area contributed by atoms with Gasteiger partial charge in [0.15, 0.2) is 0 Å². The van der Waals surface area contributed by atoms with Crippen LogP contribution in [0.5, 0.6) is 5.88 Å². The highest BCUT2D eigenvalue weighted by atomic mass is 16.4. The standard InChI is InChI=1S/C26H23N3O4/c1-3-17-8-14-20(15-9-17)29-22-7-5-4-6-21(22)23(25(29)31)16(2)27-28-24(30)18-10-12-19(13-11-18)26(32)33/h4-15,31H,3H2,1-2H3,(H,28,30)(H,32,33)/b27-16+. The van der Waals surface area contributed by atoms with Crippen molar-refractivity contribution in [3.63, 3.8) is 0 Å².